The van der Waals surface area contributed by atoms with Gasteiger partial charge in [0.25, 0.3) is 5.56 Å². The fraction of sp³-hybridized carbons (Fsp3) is 0.188. The minimum absolute atomic E-state index is 0.353. The molecule has 1 saturated carbocycles. The zero-order chi connectivity index (χ0) is 15.3. The molecule has 2 aromatic heterocycles. The molecule has 1 fully saturated rings. The van der Waals surface area contributed by atoms with Crippen molar-refractivity contribution in [2.24, 2.45) is 0 Å². The Bertz CT molecular complexity index is 1000. The van der Waals surface area contributed by atoms with Crippen molar-refractivity contribution < 1.29 is 0 Å². The Kier molecular flexibility index (Phi) is 2.90. The number of H-pyrrole nitrogens is 1. The molecule has 5 nitrogen and oxygen atoms in total. The van der Waals surface area contributed by atoms with Gasteiger partial charge in [-0.05, 0) is 37.1 Å². The summed E-state index contributed by atoms with van der Waals surface area (Å²) in [7, 11) is 0. The molecule has 22 heavy (non-hydrogen) atoms. The second kappa shape index (κ2) is 4.81. The zero-order valence-corrected chi connectivity index (χ0v) is 12.3. The van der Waals surface area contributed by atoms with Crippen LogP contribution in [-0.2, 0) is 0 Å². The topological polar surface area (TPSA) is 67.8 Å². The first kappa shape index (κ1) is 13.3. The maximum atomic E-state index is 12.3. The van der Waals surface area contributed by atoms with E-state index in [1.165, 1.54) is 4.57 Å². The van der Waals surface area contributed by atoms with Crippen LogP contribution >= 0.6 is 11.6 Å². The molecule has 4 rings (SSSR count). The zero-order valence-electron chi connectivity index (χ0n) is 11.5. The molecule has 1 aliphatic carbocycles. The van der Waals surface area contributed by atoms with Gasteiger partial charge in [0.2, 0.25) is 0 Å². The number of halogens is 1. The van der Waals surface area contributed by atoms with Crippen LogP contribution in [0, 0.1) is 0 Å². The first-order valence-electron chi connectivity index (χ1n) is 7.06. The molecule has 1 aromatic carbocycles. The second-order valence-corrected chi connectivity index (χ2v) is 5.83. The maximum absolute atomic E-state index is 12.3. The lowest BCUT2D eigenvalue weighted by Gasteiger charge is -2.11. The molecule has 0 amide bonds. The summed E-state index contributed by atoms with van der Waals surface area (Å²) in [5.74, 6) is 0.429. The number of rotatable bonds is 2. The highest BCUT2D eigenvalue weighted by Crippen LogP contribution is 2.39. The van der Waals surface area contributed by atoms with Gasteiger partial charge in [0.1, 0.15) is 0 Å². The standard InChI is InChI=1S/C16H12ClN3O2/c17-11-3-1-2-4-13(11)20-14-10(15(21)19-16(20)22)7-8-12(18-14)9-5-6-9/h1-4,7-9H,5-6H2,(H,19,21,22). The number of hydrogen-bond donors (Lipinski definition) is 1. The van der Waals surface area contributed by atoms with Gasteiger partial charge in [-0.3, -0.25) is 9.78 Å². The van der Waals surface area contributed by atoms with E-state index in [9.17, 15) is 9.59 Å². The second-order valence-electron chi connectivity index (χ2n) is 5.43. The number of aromatic nitrogens is 3. The summed E-state index contributed by atoms with van der Waals surface area (Å²) in [6, 6.07) is 10.6. The van der Waals surface area contributed by atoms with Gasteiger partial charge in [-0.2, -0.15) is 0 Å². The van der Waals surface area contributed by atoms with E-state index < -0.39 is 11.2 Å². The molecule has 0 aliphatic heterocycles. The van der Waals surface area contributed by atoms with Crippen LogP contribution in [-0.4, -0.2) is 14.5 Å². The largest absolute Gasteiger partial charge is 0.334 e. The Morgan fingerprint density at radius 2 is 1.91 bits per heavy atom. The van der Waals surface area contributed by atoms with E-state index in [0.29, 0.717) is 27.7 Å². The van der Waals surface area contributed by atoms with Crippen molar-refractivity contribution in [1.82, 2.24) is 14.5 Å². The Morgan fingerprint density at radius 3 is 2.64 bits per heavy atom. The van der Waals surface area contributed by atoms with E-state index in [4.69, 9.17) is 11.6 Å². The fourth-order valence-corrected chi connectivity index (χ4v) is 2.81. The van der Waals surface area contributed by atoms with Crippen molar-refractivity contribution in [1.29, 1.82) is 0 Å². The van der Waals surface area contributed by atoms with Crippen molar-refractivity contribution in [2.75, 3.05) is 0 Å². The number of nitrogens with zero attached hydrogens (tertiary/aromatic N) is 2. The van der Waals surface area contributed by atoms with E-state index in [1.807, 2.05) is 6.07 Å². The van der Waals surface area contributed by atoms with Gasteiger partial charge in [0.15, 0.2) is 5.65 Å². The monoisotopic (exact) mass is 313 g/mol. The first-order chi connectivity index (χ1) is 10.6. The molecule has 0 saturated heterocycles. The third-order valence-electron chi connectivity index (χ3n) is 3.87. The normalized spacial score (nSPS) is 14.4. The molecule has 2 heterocycles. The van der Waals surface area contributed by atoms with E-state index in [0.717, 1.165) is 18.5 Å². The molecule has 6 heteroatoms. The van der Waals surface area contributed by atoms with Crippen LogP contribution in [0.3, 0.4) is 0 Å². The number of benzene rings is 1. The third-order valence-corrected chi connectivity index (χ3v) is 4.19. The predicted octanol–water partition coefficient (Wildman–Crippen LogP) is 2.60. The first-order valence-corrected chi connectivity index (χ1v) is 7.44. The smallest absolute Gasteiger partial charge is 0.273 e. The number of fused-ring (bicyclic) bond motifs is 1. The van der Waals surface area contributed by atoms with Crippen LogP contribution in [0.1, 0.15) is 24.5 Å². The average Bonchev–Trinajstić information content (AvgIpc) is 3.33. The molecule has 0 radical (unpaired) electrons. The number of pyridine rings is 1. The van der Waals surface area contributed by atoms with E-state index in [1.54, 1.807) is 30.3 Å². The highest BCUT2D eigenvalue weighted by molar-refractivity contribution is 6.32. The van der Waals surface area contributed by atoms with Gasteiger partial charge >= 0.3 is 5.69 Å². The van der Waals surface area contributed by atoms with Gasteiger partial charge < -0.3 is 0 Å². The quantitative estimate of drug-likeness (QED) is 0.790. The van der Waals surface area contributed by atoms with Gasteiger partial charge in [-0.1, -0.05) is 23.7 Å². The lowest BCUT2D eigenvalue weighted by Crippen LogP contribution is -2.30. The summed E-state index contributed by atoms with van der Waals surface area (Å²) in [5, 5.41) is 0.806. The van der Waals surface area contributed by atoms with Crippen LogP contribution in [0.15, 0.2) is 46.0 Å². The summed E-state index contributed by atoms with van der Waals surface area (Å²) in [5.41, 5.74) is 0.810. The highest BCUT2D eigenvalue weighted by atomic mass is 35.5. The van der Waals surface area contributed by atoms with Crippen molar-refractivity contribution in [3.8, 4) is 5.69 Å². The van der Waals surface area contributed by atoms with Crippen LogP contribution in [0.5, 0.6) is 0 Å². The maximum Gasteiger partial charge on any atom is 0.334 e. The summed E-state index contributed by atoms with van der Waals surface area (Å²) in [6.07, 6.45) is 2.19. The summed E-state index contributed by atoms with van der Waals surface area (Å²) >= 11 is 6.21. The summed E-state index contributed by atoms with van der Waals surface area (Å²) in [4.78, 5) is 31.2. The molecule has 3 aromatic rings. The van der Waals surface area contributed by atoms with Crippen molar-refractivity contribution in [3.63, 3.8) is 0 Å². The van der Waals surface area contributed by atoms with Crippen molar-refractivity contribution in [2.45, 2.75) is 18.8 Å². The van der Waals surface area contributed by atoms with Crippen LogP contribution in [0.2, 0.25) is 5.02 Å². The van der Waals surface area contributed by atoms with E-state index in [-0.39, 0.29) is 0 Å². The van der Waals surface area contributed by atoms with E-state index in [2.05, 4.69) is 9.97 Å². The van der Waals surface area contributed by atoms with Crippen LogP contribution < -0.4 is 11.2 Å². The van der Waals surface area contributed by atoms with Crippen LogP contribution in [0.4, 0.5) is 0 Å². The van der Waals surface area contributed by atoms with Gasteiger partial charge in [-0.25, -0.2) is 14.3 Å². The van der Waals surface area contributed by atoms with Crippen LogP contribution in [0.25, 0.3) is 16.7 Å². The number of para-hydroxylation sites is 1. The average molecular weight is 314 g/mol. The molecule has 0 bridgehead atoms. The number of nitrogens with one attached hydrogen (secondary N) is 1. The van der Waals surface area contributed by atoms with Gasteiger partial charge in [-0.15, -0.1) is 0 Å². The summed E-state index contributed by atoms with van der Waals surface area (Å²) in [6.45, 7) is 0. The Hall–Kier alpha value is -2.40. The molecule has 0 unspecified atom stereocenters. The van der Waals surface area contributed by atoms with E-state index >= 15 is 0 Å². The molecule has 1 N–H and O–H groups in total. The number of aromatic amines is 1. The third kappa shape index (κ3) is 2.05. The lowest BCUT2D eigenvalue weighted by molar-refractivity contribution is 0.910. The summed E-state index contributed by atoms with van der Waals surface area (Å²) < 4.78 is 1.37. The molecular weight excluding hydrogens is 302 g/mol. The minimum atomic E-state index is -0.536. The molecule has 0 atom stereocenters. The predicted molar refractivity (Wildman–Crippen MR) is 84.9 cm³/mol. The molecular formula is C16H12ClN3O2. The van der Waals surface area contributed by atoms with Crippen molar-refractivity contribution in [3.05, 3.63) is 68.0 Å². The fourth-order valence-electron chi connectivity index (χ4n) is 2.59. The Balaban J connectivity index is 2.12. The lowest BCUT2D eigenvalue weighted by atomic mass is 10.2. The Morgan fingerprint density at radius 1 is 1.14 bits per heavy atom. The van der Waals surface area contributed by atoms with Gasteiger partial charge in [0.05, 0.1) is 16.1 Å². The molecule has 0 spiro atoms. The minimum Gasteiger partial charge on any atom is -0.273 e. The molecule has 1 aliphatic rings. The number of hydrogen-bond acceptors (Lipinski definition) is 3. The highest BCUT2D eigenvalue weighted by Gasteiger charge is 2.26. The van der Waals surface area contributed by atoms with Crippen molar-refractivity contribution >= 4 is 22.6 Å². The SMILES string of the molecule is O=c1[nH]c(=O)n(-c2ccccc2Cl)c2nc(C3CC3)ccc12. The molecule has 110 valence electrons. The van der Waals surface area contributed by atoms with Gasteiger partial charge in [0, 0.05) is 11.6 Å². The Labute approximate surface area is 130 Å².